The monoisotopic (exact) mass is 494 g/mol. The maximum absolute atomic E-state index is 13.1. The first-order valence-electron chi connectivity index (χ1n) is 11.1. The number of esters is 3. The van der Waals surface area contributed by atoms with Crippen LogP contribution in [0.4, 0.5) is 4.79 Å². The van der Waals surface area contributed by atoms with E-state index in [1.165, 1.54) is 6.92 Å². The van der Waals surface area contributed by atoms with Crippen molar-refractivity contribution in [2.24, 2.45) is 17.8 Å². The molecule has 2 N–H and O–H groups in total. The molecule has 0 radical (unpaired) electrons. The van der Waals surface area contributed by atoms with Gasteiger partial charge in [0, 0.05) is 5.92 Å². The molecule has 0 aliphatic rings. The number of benzene rings is 1. The maximum atomic E-state index is 13.1. The summed E-state index contributed by atoms with van der Waals surface area (Å²) in [7, 11) is 3.27. The summed E-state index contributed by atoms with van der Waals surface area (Å²) < 4.78 is 19.3. The first kappa shape index (κ1) is 29.4. The van der Waals surface area contributed by atoms with E-state index in [2.05, 4.69) is 20.1 Å². The SMILES string of the molecule is COC(=O)C(C(=O)OC)[C@@H](C)[C@@H](NC(=O)[C@H](CC(C)C)NC(=O)OCc1ccccc1)C(=O)OC. The van der Waals surface area contributed by atoms with Crippen molar-refractivity contribution in [1.82, 2.24) is 10.6 Å². The van der Waals surface area contributed by atoms with Crippen LogP contribution in [0.3, 0.4) is 0 Å². The quantitative estimate of drug-likeness (QED) is 0.251. The third-order valence-electron chi connectivity index (χ3n) is 5.24. The number of alkyl carbamates (subject to hydrolysis) is 1. The lowest BCUT2D eigenvalue weighted by atomic mass is 9.87. The summed E-state index contributed by atoms with van der Waals surface area (Å²) in [5.74, 6) is -6.07. The van der Waals surface area contributed by atoms with Crippen LogP contribution in [0.5, 0.6) is 0 Å². The van der Waals surface area contributed by atoms with E-state index in [1.54, 1.807) is 24.3 Å². The third-order valence-corrected chi connectivity index (χ3v) is 5.24. The number of hydrogen-bond acceptors (Lipinski definition) is 9. The molecule has 1 rings (SSSR count). The summed E-state index contributed by atoms with van der Waals surface area (Å²) in [4.78, 5) is 62.4. The summed E-state index contributed by atoms with van der Waals surface area (Å²) in [5, 5.41) is 5.00. The van der Waals surface area contributed by atoms with Crippen molar-refractivity contribution in [2.45, 2.75) is 45.9 Å². The fraction of sp³-hybridized carbons (Fsp3) is 0.542. The fourth-order valence-corrected chi connectivity index (χ4v) is 3.37. The largest absolute Gasteiger partial charge is 0.468 e. The van der Waals surface area contributed by atoms with Gasteiger partial charge in [-0.3, -0.25) is 14.4 Å². The van der Waals surface area contributed by atoms with Crippen molar-refractivity contribution in [3.63, 3.8) is 0 Å². The molecular formula is C24H34N2O9. The molecule has 0 saturated carbocycles. The van der Waals surface area contributed by atoms with Crippen LogP contribution in [-0.2, 0) is 44.7 Å². The van der Waals surface area contributed by atoms with Gasteiger partial charge in [0.25, 0.3) is 0 Å². The molecule has 0 aliphatic heterocycles. The van der Waals surface area contributed by atoms with Gasteiger partial charge in [-0.05, 0) is 17.9 Å². The first-order chi connectivity index (χ1) is 16.5. The van der Waals surface area contributed by atoms with Crippen molar-refractivity contribution >= 4 is 29.9 Å². The number of carbonyl (C=O) groups excluding carboxylic acids is 5. The number of carbonyl (C=O) groups is 5. The van der Waals surface area contributed by atoms with E-state index < -0.39 is 53.8 Å². The molecule has 0 unspecified atom stereocenters. The van der Waals surface area contributed by atoms with Crippen LogP contribution in [0.2, 0.25) is 0 Å². The molecule has 0 saturated heterocycles. The maximum Gasteiger partial charge on any atom is 0.408 e. The minimum Gasteiger partial charge on any atom is -0.468 e. The van der Waals surface area contributed by atoms with Gasteiger partial charge in [-0.25, -0.2) is 9.59 Å². The second-order valence-corrected chi connectivity index (χ2v) is 8.28. The molecule has 11 nitrogen and oxygen atoms in total. The Labute approximate surface area is 204 Å². The van der Waals surface area contributed by atoms with E-state index in [0.29, 0.717) is 0 Å². The van der Waals surface area contributed by atoms with Gasteiger partial charge in [0.2, 0.25) is 5.91 Å². The van der Waals surface area contributed by atoms with Crippen molar-refractivity contribution in [1.29, 1.82) is 0 Å². The number of methoxy groups -OCH3 is 3. The Kier molecular flexibility index (Phi) is 12.3. The zero-order valence-electron chi connectivity index (χ0n) is 20.9. The van der Waals surface area contributed by atoms with Crippen LogP contribution in [0, 0.1) is 17.8 Å². The summed E-state index contributed by atoms with van der Waals surface area (Å²) in [6.45, 7) is 5.11. The van der Waals surface area contributed by atoms with Gasteiger partial charge in [-0.2, -0.15) is 0 Å². The Hall–Kier alpha value is -3.63. The van der Waals surface area contributed by atoms with Gasteiger partial charge in [-0.15, -0.1) is 0 Å². The molecule has 1 aromatic carbocycles. The molecule has 3 atom stereocenters. The average Bonchev–Trinajstić information content (AvgIpc) is 2.84. The topological polar surface area (TPSA) is 146 Å². The minimum absolute atomic E-state index is 0.00441. The molecule has 2 amide bonds. The Morgan fingerprint density at radius 2 is 1.34 bits per heavy atom. The predicted molar refractivity (Wildman–Crippen MR) is 124 cm³/mol. The van der Waals surface area contributed by atoms with Gasteiger partial charge < -0.3 is 29.6 Å². The Balaban J connectivity index is 3.04. The summed E-state index contributed by atoms with van der Waals surface area (Å²) in [6.07, 6.45) is -0.592. The summed E-state index contributed by atoms with van der Waals surface area (Å²) in [6, 6.07) is 6.53. The van der Waals surface area contributed by atoms with E-state index in [0.717, 1.165) is 26.9 Å². The smallest absolute Gasteiger partial charge is 0.408 e. The second kappa shape index (κ2) is 14.6. The third kappa shape index (κ3) is 9.26. The lowest BCUT2D eigenvalue weighted by Gasteiger charge is -2.29. The molecule has 11 heteroatoms. The van der Waals surface area contributed by atoms with E-state index >= 15 is 0 Å². The highest BCUT2D eigenvalue weighted by Gasteiger charge is 2.43. The second-order valence-electron chi connectivity index (χ2n) is 8.28. The molecule has 0 aliphatic carbocycles. The highest BCUT2D eigenvalue weighted by Crippen LogP contribution is 2.21. The number of amides is 2. The zero-order valence-corrected chi connectivity index (χ0v) is 20.9. The molecule has 194 valence electrons. The van der Waals surface area contributed by atoms with Crippen LogP contribution in [-0.4, -0.2) is 63.3 Å². The van der Waals surface area contributed by atoms with Gasteiger partial charge >= 0.3 is 24.0 Å². The number of ether oxygens (including phenoxy) is 4. The highest BCUT2D eigenvalue weighted by molar-refractivity contribution is 5.97. The first-order valence-corrected chi connectivity index (χ1v) is 11.1. The molecule has 0 fully saturated rings. The van der Waals surface area contributed by atoms with Crippen molar-refractivity contribution < 1.29 is 42.9 Å². The molecular weight excluding hydrogens is 460 g/mol. The van der Waals surface area contributed by atoms with Crippen LogP contribution in [0.25, 0.3) is 0 Å². The van der Waals surface area contributed by atoms with Crippen LogP contribution < -0.4 is 10.6 Å². The average molecular weight is 495 g/mol. The summed E-state index contributed by atoms with van der Waals surface area (Å²) >= 11 is 0. The van der Waals surface area contributed by atoms with Crippen molar-refractivity contribution in [3.8, 4) is 0 Å². The van der Waals surface area contributed by atoms with Gasteiger partial charge in [0.05, 0.1) is 21.3 Å². The molecule has 0 heterocycles. The van der Waals surface area contributed by atoms with Crippen molar-refractivity contribution in [2.75, 3.05) is 21.3 Å². The number of rotatable bonds is 12. The molecule has 1 aromatic rings. The molecule has 0 aromatic heterocycles. The molecule has 35 heavy (non-hydrogen) atoms. The number of nitrogens with one attached hydrogen (secondary N) is 2. The Morgan fingerprint density at radius 1 is 0.800 bits per heavy atom. The Bertz CT molecular complexity index is 857. The van der Waals surface area contributed by atoms with Crippen molar-refractivity contribution in [3.05, 3.63) is 35.9 Å². The number of hydrogen-bond donors (Lipinski definition) is 2. The molecule has 0 bridgehead atoms. The van der Waals surface area contributed by atoms with Crippen LogP contribution >= 0.6 is 0 Å². The van der Waals surface area contributed by atoms with Gasteiger partial charge in [0.15, 0.2) is 5.92 Å². The summed E-state index contributed by atoms with van der Waals surface area (Å²) in [5.41, 5.74) is 0.767. The van der Waals surface area contributed by atoms with Gasteiger partial charge in [0.1, 0.15) is 18.7 Å². The van der Waals surface area contributed by atoms with E-state index in [4.69, 9.17) is 9.47 Å². The van der Waals surface area contributed by atoms with Crippen LogP contribution in [0.15, 0.2) is 30.3 Å². The lowest BCUT2D eigenvalue weighted by molar-refractivity contribution is -0.163. The zero-order chi connectivity index (χ0) is 26.5. The molecule has 0 spiro atoms. The highest BCUT2D eigenvalue weighted by atomic mass is 16.6. The van der Waals surface area contributed by atoms with E-state index in [-0.39, 0.29) is 18.9 Å². The van der Waals surface area contributed by atoms with E-state index in [9.17, 15) is 24.0 Å². The minimum atomic E-state index is -1.50. The van der Waals surface area contributed by atoms with Crippen LogP contribution in [0.1, 0.15) is 32.8 Å². The predicted octanol–water partition coefficient (Wildman–Crippen LogP) is 1.58. The van der Waals surface area contributed by atoms with Gasteiger partial charge in [-0.1, -0.05) is 51.1 Å². The Morgan fingerprint density at radius 3 is 1.83 bits per heavy atom. The fourth-order valence-electron chi connectivity index (χ4n) is 3.37. The van der Waals surface area contributed by atoms with E-state index in [1.807, 2.05) is 19.9 Å². The standard InChI is InChI=1S/C24H34N2O9/c1-14(2)12-17(25-24(31)35-13-16-10-8-7-9-11-16)20(27)26-19(23(30)34-6)15(3)18(21(28)32-4)22(29)33-5/h7-11,14-15,17-19H,12-13H2,1-6H3,(H,25,31)(H,26,27)/t15-,17+,19-/m1/s1. The lowest BCUT2D eigenvalue weighted by Crippen LogP contribution is -2.56. The normalized spacial score (nSPS) is 13.3.